The zero-order valence-corrected chi connectivity index (χ0v) is 19.9. The fourth-order valence-electron chi connectivity index (χ4n) is 2.84. The molecule has 156 valence electrons. The molecule has 6 nitrogen and oxygen atoms in total. The molecule has 2 rings (SSSR count). The summed E-state index contributed by atoms with van der Waals surface area (Å²) in [5, 5.41) is 10.9. The lowest BCUT2D eigenvalue weighted by Crippen LogP contribution is -2.39. The molecule has 28 heavy (non-hydrogen) atoms. The van der Waals surface area contributed by atoms with Crippen LogP contribution in [0, 0.1) is 12.7 Å². The highest BCUT2D eigenvalue weighted by Crippen LogP contribution is 2.18. The summed E-state index contributed by atoms with van der Waals surface area (Å²) in [6.45, 7) is 7.13. The Hall–Kier alpha value is -1.68. The summed E-state index contributed by atoms with van der Waals surface area (Å²) in [4.78, 5) is 6.88. The molecule has 2 unspecified atom stereocenters. The first kappa shape index (κ1) is 24.4. The van der Waals surface area contributed by atoms with Gasteiger partial charge in [-0.2, -0.15) is 5.10 Å². The van der Waals surface area contributed by atoms with Crippen molar-refractivity contribution < 1.29 is 4.39 Å². The Morgan fingerprint density at radius 1 is 1.32 bits per heavy atom. The van der Waals surface area contributed by atoms with E-state index in [9.17, 15) is 4.39 Å². The third kappa shape index (κ3) is 6.73. The van der Waals surface area contributed by atoms with E-state index in [1.807, 2.05) is 53.5 Å². The Bertz CT molecular complexity index is 774. The SMILES string of the molecule is CCNC(=NCC(c1cnn(C)c1)N(C)C)NC(C)c1ccc(C)c(F)c1.I. The quantitative estimate of drug-likeness (QED) is 0.346. The number of nitrogens with one attached hydrogen (secondary N) is 2. The number of aliphatic imine (C=N–C) groups is 1. The second-order valence-electron chi connectivity index (χ2n) is 7.02. The Balaban J connectivity index is 0.00000392. The number of likely N-dealkylation sites (N-methyl/N-ethyl adjacent to an activating group) is 1. The highest BCUT2D eigenvalue weighted by molar-refractivity contribution is 14.0. The third-order valence-corrected chi connectivity index (χ3v) is 4.55. The number of aryl methyl sites for hydroxylation is 2. The van der Waals surface area contributed by atoms with Crippen LogP contribution in [0.5, 0.6) is 0 Å². The zero-order chi connectivity index (χ0) is 20.0. The number of hydrogen-bond acceptors (Lipinski definition) is 3. The predicted octanol–water partition coefficient (Wildman–Crippen LogP) is 3.40. The van der Waals surface area contributed by atoms with E-state index in [1.165, 1.54) is 0 Å². The molecule has 0 aliphatic heterocycles. The topological polar surface area (TPSA) is 57.5 Å². The molecule has 2 N–H and O–H groups in total. The standard InChI is InChI=1S/C20H31FN6.HI/c1-7-22-20(25-15(3)16-9-8-14(2)18(21)10-16)23-12-19(26(4)5)17-11-24-27(6)13-17;/h8-11,13,15,19H,7,12H2,1-6H3,(H2,22,23,25);1H. The van der Waals surface area contributed by atoms with Crippen LogP contribution >= 0.6 is 24.0 Å². The molecule has 0 fully saturated rings. The largest absolute Gasteiger partial charge is 0.357 e. The Morgan fingerprint density at radius 3 is 2.57 bits per heavy atom. The minimum absolute atomic E-state index is 0. The second kappa shape index (κ2) is 11.4. The Morgan fingerprint density at radius 2 is 2.04 bits per heavy atom. The van der Waals surface area contributed by atoms with E-state index in [0.29, 0.717) is 18.1 Å². The van der Waals surface area contributed by atoms with Gasteiger partial charge in [0.15, 0.2) is 5.96 Å². The number of hydrogen-bond donors (Lipinski definition) is 2. The number of halogens is 2. The number of nitrogens with zero attached hydrogens (tertiary/aromatic N) is 4. The van der Waals surface area contributed by atoms with Crippen LogP contribution in [0.25, 0.3) is 0 Å². The van der Waals surface area contributed by atoms with Crippen molar-refractivity contribution in [2.24, 2.45) is 12.0 Å². The summed E-state index contributed by atoms with van der Waals surface area (Å²) >= 11 is 0. The summed E-state index contributed by atoms with van der Waals surface area (Å²) in [5.74, 6) is 0.522. The van der Waals surface area contributed by atoms with Crippen LogP contribution in [-0.2, 0) is 7.05 Å². The van der Waals surface area contributed by atoms with Crippen molar-refractivity contribution in [1.29, 1.82) is 0 Å². The minimum Gasteiger partial charge on any atom is -0.357 e. The number of rotatable bonds is 7. The lowest BCUT2D eigenvalue weighted by Gasteiger charge is -2.23. The van der Waals surface area contributed by atoms with Crippen LogP contribution in [0.3, 0.4) is 0 Å². The van der Waals surface area contributed by atoms with Crippen LogP contribution in [0.2, 0.25) is 0 Å². The van der Waals surface area contributed by atoms with Crippen molar-refractivity contribution in [1.82, 2.24) is 25.3 Å². The summed E-state index contributed by atoms with van der Waals surface area (Å²) in [5.41, 5.74) is 2.66. The maximum Gasteiger partial charge on any atom is 0.191 e. The van der Waals surface area contributed by atoms with Crippen molar-refractivity contribution in [2.45, 2.75) is 32.9 Å². The van der Waals surface area contributed by atoms with E-state index in [0.717, 1.165) is 17.7 Å². The molecule has 0 bridgehead atoms. The first-order valence-electron chi connectivity index (χ1n) is 9.27. The van der Waals surface area contributed by atoms with Crippen LogP contribution < -0.4 is 10.6 Å². The molecule has 2 aromatic rings. The number of aromatic nitrogens is 2. The summed E-state index contributed by atoms with van der Waals surface area (Å²) in [6.07, 6.45) is 3.89. The monoisotopic (exact) mass is 502 g/mol. The molecule has 0 aliphatic rings. The summed E-state index contributed by atoms with van der Waals surface area (Å²) in [7, 11) is 5.98. The van der Waals surface area contributed by atoms with Crippen LogP contribution in [0.15, 0.2) is 35.6 Å². The molecule has 1 aromatic heterocycles. The molecular formula is C20H32FIN6. The molecule has 2 atom stereocenters. The van der Waals surface area contributed by atoms with Gasteiger partial charge in [-0.1, -0.05) is 12.1 Å². The highest BCUT2D eigenvalue weighted by Gasteiger charge is 2.16. The van der Waals surface area contributed by atoms with E-state index in [-0.39, 0.29) is 41.9 Å². The van der Waals surface area contributed by atoms with E-state index in [4.69, 9.17) is 4.99 Å². The van der Waals surface area contributed by atoms with Crippen molar-refractivity contribution in [3.05, 3.63) is 53.1 Å². The van der Waals surface area contributed by atoms with Crippen LogP contribution in [-0.4, -0.2) is 47.8 Å². The minimum atomic E-state index is -0.188. The number of benzene rings is 1. The molecule has 0 saturated heterocycles. The van der Waals surface area contributed by atoms with Gasteiger partial charge in [-0.05, 0) is 52.1 Å². The fourth-order valence-corrected chi connectivity index (χ4v) is 2.84. The second-order valence-corrected chi connectivity index (χ2v) is 7.02. The maximum atomic E-state index is 13.9. The van der Waals surface area contributed by atoms with Gasteiger partial charge in [-0.3, -0.25) is 9.67 Å². The van der Waals surface area contributed by atoms with Crippen LogP contribution in [0.4, 0.5) is 4.39 Å². The lowest BCUT2D eigenvalue weighted by atomic mass is 10.1. The molecule has 0 aliphatic carbocycles. The van der Waals surface area contributed by atoms with Gasteiger partial charge in [0.1, 0.15) is 5.82 Å². The zero-order valence-electron chi connectivity index (χ0n) is 17.5. The van der Waals surface area contributed by atoms with Gasteiger partial charge in [-0.25, -0.2) is 4.39 Å². The molecule has 0 saturated carbocycles. The predicted molar refractivity (Wildman–Crippen MR) is 124 cm³/mol. The van der Waals surface area contributed by atoms with Gasteiger partial charge in [0.25, 0.3) is 0 Å². The van der Waals surface area contributed by atoms with Crippen molar-refractivity contribution >= 4 is 29.9 Å². The molecule has 0 spiro atoms. The van der Waals surface area contributed by atoms with E-state index in [2.05, 4.69) is 20.6 Å². The van der Waals surface area contributed by atoms with E-state index < -0.39 is 0 Å². The van der Waals surface area contributed by atoms with Gasteiger partial charge in [0, 0.05) is 25.4 Å². The molecule has 0 radical (unpaired) electrons. The first-order chi connectivity index (χ1) is 12.8. The molecule has 8 heteroatoms. The Labute approximate surface area is 184 Å². The van der Waals surface area contributed by atoms with Gasteiger partial charge < -0.3 is 15.5 Å². The average molecular weight is 502 g/mol. The van der Waals surface area contributed by atoms with Gasteiger partial charge in [-0.15, -0.1) is 24.0 Å². The van der Waals surface area contributed by atoms with E-state index >= 15 is 0 Å². The molecule has 1 heterocycles. The summed E-state index contributed by atoms with van der Waals surface area (Å²) < 4.78 is 15.7. The van der Waals surface area contributed by atoms with Gasteiger partial charge in [0.2, 0.25) is 0 Å². The van der Waals surface area contributed by atoms with Crippen molar-refractivity contribution in [2.75, 3.05) is 27.2 Å². The van der Waals surface area contributed by atoms with Gasteiger partial charge in [0.05, 0.1) is 24.8 Å². The molecular weight excluding hydrogens is 470 g/mol. The van der Waals surface area contributed by atoms with Crippen molar-refractivity contribution in [3.63, 3.8) is 0 Å². The first-order valence-corrected chi connectivity index (χ1v) is 9.27. The molecule has 1 aromatic carbocycles. The van der Waals surface area contributed by atoms with Crippen LogP contribution in [0.1, 0.15) is 42.6 Å². The third-order valence-electron chi connectivity index (χ3n) is 4.55. The highest BCUT2D eigenvalue weighted by atomic mass is 127. The molecule has 0 amide bonds. The normalized spacial score (nSPS) is 13.8. The van der Waals surface area contributed by atoms with Crippen molar-refractivity contribution in [3.8, 4) is 0 Å². The number of guanidine groups is 1. The van der Waals surface area contributed by atoms with Gasteiger partial charge >= 0.3 is 0 Å². The van der Waals surface area contributed by atoms with E-state index in [1.54, 1.807) is 23.7 Å². The average Bonchev–Trinajstić information content (AvgIpc) is 3.03. The maximum absolute atomic E-state index is 13.9. The fraction of sp³-hybridized carbons (Fsp3) is 0.500. The summed E-state index contributed by atoms with van der Waals surface area (Å²) in [6, 6.07) is 5.39. The smallest absolute Gasteiger partial charge is 0.191 e. The Kier molecular flexibility index (Phi) is 9.88. The lowest BCUT2D eigenvalue weighted by molar-refractivity contribution is 0.306.